The zero-order chi connectivity index (χ0) is 47.3. The van der Waals surface area contributed by atoms with Gasteiger partial charge in [-0.25, -0.2) is 15.0 Å². The first-order chi connectivity index (χ1) is 35.7. The second-order valence-corrected chi connectivity index (χ2v) is 18.8. The summed E-state index contributed by atoms with van der Waals surface area (Å²) in [7, 11) is 0. The third kappa shape index (κ3) is 6.19. The lowest BCUT2D eigenvalue weighted by Gasteiger charge is -2.31. The van der Waals surface area contributed by atoms with Crippen LogP contribution in [0.3, 0.4) is 0 Å². The van der Waals surface area contributed by atoms with Gasteiger partial charge in [0.2, 0.25) is 0 Å². The molecule has 0 aliphatic carbocycles. The van der Waals surface area contributed by atoms with Crippen molar-refractivity contribution in [1.82, 2.24) is 24.4 Å². The molecule has 15 rings (SSSR count). The molecule has 0 amide bonds. The minimum Gasteiger partial charge on any atom is -0.321 e. The first kappa shape index (κ1) is 40.3. The minimum atomic E-state index is 0.583. The minimum absolute atomic E-state index is 0.583. The van der Waals surface area contributed by atoms with Gasteiger partial charge in [-0.3, -0.25) is 4.90 Å². The van der Waals surface area contributed by atoms with Crippen molar-refractivity contribution in [1.29, 1.82) is 0 Å². The van der Waals surface area contributed by atoms with Crippen molar-refractivity contribution in [2.24, 2.45) is 0 Å². The fourth-order valence-electron chi connectivity index (χ4n) is 11.6. The van der Waals surface area contributed by atoms with Crippen LogP contribution < -0.4 is 4.90 Å². The maximum atomic E-state index is 5.66. The topological polar surface area (TPSA) is 50.1 Å². The van der Waals surface area contributed by atoms with Gasteiger partial charge in [0, 0.05) is 39.8 Å². The smallest absolute Gasteiger partial charge is 0.182 e. The molecule has 0 unspecified atom stereocenters. The molecule has 0 fully saturated rings. The van der Waals surface area contributed by atoms with E-state index in [1.807, 2.05) is 0 Å². The van der Waals surface area contributed by atoms with E-state index in [1.165, 1.54) is 54.2 Å². The first-order valence-corrected chi connectivity index (χ1v) is 24.5. The standard InChI is InChI=1S/C66H42N6/c1-3-22-50(23-4-1)71-58-30-16-15-29-55(58)57-38-49-37-46-21-11-14-28-54(46)62(56(49)40-59(57)71)65-67-41-68-66(69-65)64-63(48-32-31-42-17-7-8-18-43(42)35-48)70-34-33-47(39-60(70)72(64)51-24-5-2-6-25-51)61-52-26-12-9-19-44(52)36-45-20-10-13-27-53(45)61/h1-33,35-41H,34H2. The summed E-state index contributed by atoms with van der Waals surface area (Å²) in [6, 6.07) is 80.9. The Morgan fingerprint density at radius 2 is 0.958 bits per heavy atom. The fraction of sp³-hybridized carbons (Fsp3) is 0.0152. The number of anilines is 1. The lowest BCUT2D eigenvalue weighted by atomic mass is 9.90. The van der Waals surface area contributed by atoms with Crippen LogP contribution in [0.4, 0.5) is 5.69 Å². The lowest BCUT2D eigenvalue weighted by molar-refractivity contribution is 0.548. The van der Waals surface area contributed by atoms with Crippen molar-refractivity contribution in [3.63, 3.8) is 0 Å². The van der Waals surface area contributed by atoms with Gasteiger partial charge in [0.1, 0.15) is 17.8 Å². The normalized spacial score (nSPS) is 13.8. The zero-order valence-corrected chi connectivity index (χ0v) is 39.0. The van der Waals surface area contributed by atoms with Crippen LogP contribution in [0.2, 0.25) is 0 Å². The van der Waals surface area contributed by atoms with Crippen LogP contribution in [0, 0.1) is 0 Å². The van der Waals surface area contributed by atoms with Crippen LogP contribution in [-0.2, 0) is 0 Å². The molecule has 2 aliphatic heterocycles. The summed E-state index contributed by atoms with van der Waals surface area (Å²) in [4.78, 5) is 20.8. The van der Waals surface area contributed by atoms with Crippen molar-refractivity contribution in [3.05, 3.63) is 266 Å². The summed E-state index contributed by atoms with van der Waals surface area (Å²) < 4.78 is 2.38. The first-order valence-electron chi connectivity index (χ1n) is 24.5. The highest BCUT2D eigenvalue weighted by Gasteiger charge is 2.40. The maximum Gasteiger partial charge on any atom is 0.182 e. The summed E-state index contributed by atoms with van der Waals surface area (Å²) in [5.74, 6) is 2.23. The van der Waals surface area contributed by atoms with Gasteiger partial charge in [-0.2, -0.15) is 0 Å². The van der Waals surface area contributed by atoms with Crippen LogP contribution in [0.25, 0.3) is 110 Å². The summed E-state index contributed by atoms with van der Waals surface area (Å²) >= 11 is 0. The van der Waals surface area contributed by atoms with E-state index in [4.69, 9.17) is 15.0 Å². The van der Waals surface area contributed by atoms with Gasteiger partial charge in [-0.1, -0.05) is 170 Å². The van der Waals surface area contributed by atoms with Gasteiger partial charge in [-0.15, -0.1) is 0 Å². The molecule has 0 bridgehead atoms. The van der Waals surface area contributed by atoms with Crippen LogP contribution in [0.1, 0.15) is 17.0 Å². The Bertz CT molecular complexity index is 4440. The third-order valence-electron chi connectivity index (χ3n) is 14.8. The number of fused-ring (bicyclic) bond motifs is 9. The SMILES string of the molecule is C1=C(c2c3ccccc3cc3ccccc23)C=C2N(C1)C(c1ccc3ccccc3c1)=C(c1ncnc(-c3c4ccccc4cc4cc5c6ccccc6n(-c6ccccc6)c5cc34)n1)N2c1ccccc1. The largest absolute Gasteiger partial charge is 0.321 e. The van der Waals surface area contributed by atoms with E-state index in [1.54, 1.807) is 6.33 Å². The Kier molecular flexibility index (Phi) is 8.92. The molecule has 336 valence electrons. The number of aromatic nitrogens is 4. The second-order valence-electron chi connectivity index (χ2n) is 18.8. The number of hydrogen-bond acceptors (Lipinski definition) is 5. The van der Waals surface area contributed by atoms with Gasteiger partial charge in [0.05, 0.1) is 16.7 Å². The predicted octanol–water partition coefficient (Wildman–Crippen LogP) is 16.0. The highest BCUT2D eigenvalue weighted by molar-refractivity contribution is 6.20. The molecule has 2 aliphatic rings. The zero-order valence-electron chi connectivity index (χ0n) is 39.0. The maximum absolute atomic E-state index is 5.66. The van der Waals surface area contributed by atoms with Crippen LogP contribution in [0.5, 0.6) is 0 Å². The highest BCUT2D eigenvalue weighted by atomic mass is 15.4. The Labute approximate surface area is 415 Å². The van der Waals surface area contributed by atoms with Gasteiger partial charge in [0.25, 0.3) is 0 Å². The predicted molar refractivity (Wildman–Crippen MR) is 299 cm³/mol. The Hall–Kier alpha value is -9.65. The van der Waals surface area contributed by atoms with Gasteiger partial charge in [0.15, 0.2) is 11.6 Å². The van der Waals surface area contributed by atoms with E-state index in [-0.39, 0.29) is 0 Å². The molecule has 13 aromatic rings. The quantitative estimate of drug-likeness (QED) is 0.156. The molecular weight excluding hydrogens is 877 g/mol. The average molecular weight is 919 g/mol. The van der Waals surface area contributed by atoms with Crippen LogP contribution in [-0.4, -0.2) is 31.0 Å². The van der Waals surface area contributed by atoms with E-state index in [2.05, 4.69) is 251 Å². The molecule has 6 heteroatoms. The molecule has 72 heavy (non-hydrogen) atoms. The van der Waals surface area contributed by atoms with Crippen molar-refractivity contribution in [2.45, 2.75) is 0 Å². The van der Waals surface area contributed by atoms with E-state index in [0.29, 0.717) is 18.2 Å². The third-order valence-corrected chi connectivity index (χ3v) is 14.8. The van der Waals surface area contributed by atoms with Crippen molar-refractivity contribution in [2.75, 3.05) is 11.4 Å². The molecule has 0 spiro atoms. The molecule has 6 nitrogen and oxygen atoms in total. The summed E-state index contributed by atoms with van der Waals surface area (Å²) in [5.41, 5.74) is 10.8. The Morgan fingerprint density at radius 3 is 1.68 bits per heavy atom. The van der Waals surface area contributed by atoms with E-state index >= 15 is 0 Å². The van der Waals surface area contributed by atoms with E-state index in [9.17, 15) is 0 Å². The van der Waals surface area contributed by atoms with Crippen molar-refractivity contribution < 1.29 is 0 Å². The fourth-order valence-corrected chi connectivity index (χ4v) is 11.6. The number of rotatable bonds is 6. The van der Waals surface area contributed by atoms with Crippen LogP contribution >= 0.6 is 0 Å². The average Bonchev–Trinajstić information content (AvgIpc) is 3.96. The molecule has 11 aromatic carbocycles. The molecule has 0 radical (unpaired) electrons. The molecule has 0 atom stereocenters. The summed E-state index contributed by atoms with van der Waals surface area (Å²) in [6.07, 6.45) is 6.47. The highest BCUT2D eigenvalue weighted by Crippen LogP contribution is 2.49. The molecule has 0 saturated heterocycles. The number of para-hydroxylation sites is 3. The lowest BCUT2D eigenvalue weighted by Crippen LogP contribution is -2.28. The molecule has 4 heterocycles. The number of hydrogen-bond donors (Lipinski definition) is 0. The molecular formula is C66H42N6. The number of benzene rings is 11. The van der Waals surface area contributed by atoms with Crippen LogP contribution in [0.15, 0.2) is 249 Å². The Morgan fingerprint density at radius 1 is 0.375 bits per heavy atom. The Balaban J connectivity index is 0.993. The van der Waals surface area contributed by atoms with E-state index in [0.717, 1.165) is 72.3 Å². The van der Waals surface area contributed by atoms with Crippen molar-refractivity contribution in [3.8, 4) is 17.1 Å². The van der Waals surface area contributed by atoms with Crippen molar-refractivity contribution >= 4 is 98.3 Å². The van der Waals surface area contributed by atoms with E-state index < -0.39 is 0 Å². The van der Waals surface area contributed by atoms with Gasteiger partial charge >= 0.3 is 0 Å². The number of allylic oxidation sites excluding steroid dienone is 2. The molecule has 2 aromatic heterocycles. The summed E-state index contributed by atoms with van der Waals surface area (Å²) in [6.45, 7) is 0.630. The van der Waals surface area contributed by atoms with Gasteiger partial charge < -0.3 is 9.47 Å². The monoisotopic (exact) mass is 918 g/mol. The number of nitrogens with zero attached hydrogens (tertiary/aromatic N) is 6. The summed E-state index contributed by atoms with van der Waals surface area (Å²) in [5, 5.41) is 14.1. The molecule has 0 N–H and O–H groups in total. The van der Waals surface area contributed by atoms with Gasteiger partial charge in [-0.05, 0) is 132 Å². The molecule has 0 saturated carbocycles. The second kappa shape index (κ2) is 16.0.